The molecule has 3 nitrogen and oxygen atoms in total. The standard InChI is InChI=1S/C15H23NO2/c1-15(17,11-16-8-9-18-2)14-7-6-12-4-3-5-13(12)10-14/h6-7,10,16-17H,3-5,8-9,11H2,1-2H3. The first-order chi connectivity index (χ1) is 8.63. The van der Waals surface area contributed by atoms with Crippen LogP contribution in [0, 0.1) is 0 Å². The lowest BCUT2D eigenvalue weighted by molar-refractivity contribution is 0.0549. The van der Waals surface area contributed by atoms with Gasteiger partial charge in [0.25, 0.3) is 0 Å². The zero-order valence-electron chi connectivity index (χ0n) is 11.3. The minimum Gasteiger partial charge on any atom is -0.384 e. The second kappa shape index (κ2) is 5.83. The summed E-state index contributed by atoms with van der Waals surface area (Å²) in [6, 6.07) is 6.39. The summed E-state index contributed by atoms with van der Waals surface area (Å²) in [6.07, 6.45) is 3.58. The Labute approximate surface area is 109 Å². The van der Waals surface area contributed by atoms with Gasteiger partial charge in [-0.25, -0.2) is 0 Å². The highest BCUT2D eigenvalue weighted by Gasteiger charge is 2.24. The highest BCUT2D eigenvalue weighted by atomic mass is 16.5. The van der Waals surface area contributed by atoms with Crippen molar-refractivity contribution in [2.75, 3.05) is 26.8 Å². The van der Waals surface area contributed by atoms with E-state index in [9.17, 15) is 5.11 Å². The van der Waals surface area contributed by atoms with Crippen molar-refractivity contribution in [2.45, 2.75) is 31.8 Å². The van der Waals surface area contributed by atoms with Crippen molar-refractivity contribution in [1.29, 1.82) is 0 Å². The van der Waals surface area contributed by atoms with Gasteiger partial charge in [0.1, 0.15) is 0 Å². The van der Waals surface area contributed by atoms with Gasteiger partial charge >= 0.3 is 0 Å². The molecule has 100 valence electrons. The van der Waals surface area contributed by atoms with Crippen LogP contribution >= 0.6 is 0 Å². The third-order valence-electron chi connectivity index (χ3n) is 3.67. The van der Waals surface area contributed by atoms with Gasteiger partial charge in [0, 0.05) is 20.2 Å². The van der Waals surface area contributed by atoms with Crippen molar-refractivity contribution in [2.24, 2.45) is 0 Å². The number of methoxy groups -OCH3 is 1. The van der Waals surface area contributed by atoms with Gasteiger partial charge in [0.05, 0.1) is 12.2 Å². The van der Waals surface area contributed by atoms with Gasteiger partial charge in [-0.2, -0.15) is 0 Å². The molecule has 0 fully saturated rings. The summed E-state index contributed by atoms with van der Waals surface area (Å²) in [5.74, 6) is 0. The summed E-state index contributed by atoms with van der Waals surface area (Å²) in [5.41, 5.74) is 3.05. The molecule has 2 N–H and O–H groups in total. The predicted octanol–water partition coefficient (Wildman–Crippen LogP) is 1.62. The maximum Gasteiger partial charge on any atom is 0.0992 e. The van der Waals surface area contributed by atoms with Crippen molar-refractivity contribution in [3.63, 3.8) is 0 Å². The maximum atomic E-state index is 10.5. The van der Waals surface area contributed by atoms with Gasteiger partial charge < -0.3 is 15.2 Å². The second-order valence-electron chi connectivity index (χ2n) is 5.28. The number of benzene rings is 1. The Balaban J connectivity index is 2.00. The predicted molar refractivity (Wildman–Crippen MR) is 72.8 cm³/mol. The molecule has 1 aliphatic carbocycles. The van der Waals surface area contributed by atoms with Gasteiger partial charge in [-0.05, 0) is 42.9 Å². The van der Waals surface area contributed by atoms with Crippen LogP contribution in [-0.2, 0) is 23.2 Å². The third kappa shape index (κ3) is 3.10. The Hall–Kier alpha value is -0.900. The summed E-state index contributed by atoms with van der Waals surface area (Å²) in [4.78, 5) is 0. The SMILES string of the molecule is COCCNCC(C)(O)c1ccc2c(c1)CCC2. The van der Waals surface area contributed by atoms with E-state index < -0.39 is 5.60 Å². The van der Waals surface area contributed by atoms with Crippen molar-refractivity contribution in [1.82, 2.24) is 5.32 Å². The number of nitrogens with one attached hydrogen (secondary N) is 1. The minimum atomic E-state index is -0.814. The Morgan fingerprint density at radius 3 is 2.89 bits per heavy atom. The summed E-state index contributed by atoms with van der Waals surface area (Å²) in [5, 5.41) is 13.7. The molecular weight excluding hydrogens is 226 g/mol. The zero-order chi connectivity index (χ0) is 13.0. The number of hydrogen-bond acceptors (Lipinski definition) is 3. The van der Waals surface area contributed by atoms with E-state index >= 15 is 0 Å². The Kier molecular flexibility index (Phi) is 4.38. The molecule has 1 aromatic rings. The first-order valence-corrected chi connectivity index (χ1v) is 6.68. The molecule has 0 heterocycles. The quantitative estimate of drug-likeness (QED) is 0.753. The molecule has 0 saturated carbocycles. The number of hydrogen-bond donors (Lipinski definition) is 2. The molecule has 1 aromatic carbocycles. The van der Waals surface area contributed by atoms with E-state index in [1.165, 1.54) is 24.0 Å². The average Bonchev–Trinajstić information content (AvgIpc) is 2.82. The number of aliphatic hydroxyl groups is 1. The number of aryl methyl sites for hydroxylation is 2. The monoisotopic (exact) mass is 249 g/mol. The van der Waals surface area contributed by atoms with Crippen molar-refractivity contribution in [3.8, 4) is 0 Å². The van der Waals surface area contributed by atoms with Gasteiger partial charge in [-0.1, -0.05) is 18.2 Å². The van der Waals surface area contributed by atoms with E-state index in [0.29, 0.717) is 13.2 Å². The molecule has 0 amide bonds. The molecule has 1 atom stereocenters. The Morgan fingerprint density at radius 1 is 1.33 bits per heavy atom. The smallest absolute Gasteiger partial charge is 0.0992 e. The van der Waals surface area contributed by atoms with Crippen LogP contribution < -0.4 is 5.32 Å². The summed E-state index contributed by atoms with van der Waals surface area (Å²) in [6.45, 7) is 3.84. The van der Waals surface area contributed by atoms with Crippen LogP contribution in [0.25, 0.3) is 0 Å². The molecule has 1 aliphatic rings. The van der Waals surface area contributed by atoms with E-state index in [1.807, 2.05) is 6.92 Å². The molecule has 3 heteroatoms. The molecule has 0 bridgehead atoms. The number of ether oxygens (including phenoxy) is 1. The molecule has 0 saturated heterocycles. The molecule has 2 rings (SSSR count). The Bertz CT molecular complexity index is 401. The van der Waals surface area contributed by atoms with Gasteiger partial charge in [0.15, 0.2) is 0 Å². The summed E-state index contributed by atoms with van der Waals surface area (Å²) >= 11 is 0. The van der Waals surface area contributed by atoms with Crippen LogP contribution in [0.5, 0.6) is 0 Å². The van der Waals surface area contributed by atoms with E-state index in [4.69, 9.17) is 4.74 Å². The van der Waals surface area contributed by atoms with E-state index in [0.717, 1.165) is 18.5 Å². The van der Waals surface area contributed by atoms with Crippen LogP contribution in [-0.4, -0.2) is 31.9 Å². The van der Waals surface area contributed by atoms with Gasteiger partial charge in [0.2, 0.25) is 0 Å². The van der Waals surface area contributed by atoms with E-state index in [1.54, 1.807) is 7.11 Å². The van der Waals surface area contributed by atoms with Crippen LogP contribution in [0.3, 0.4) is 0 Å². The van der Waals surface area contributed by atoms with Crippen molar-refractivity contribution >= 4 is 0 Å². The van der Waals surface area contributed by atoms with Crippen LogP contribution in [0.4, 0.5) is 0 Å². The summed E-state index contributed by atoms with van der Waals surface area (Å²) < 4.78 is 4.98. The van der Waals surface area contributed by atoms with Crippen molar-refractivity contribution < 1.29 is 9.84 Å². The molecule has 0 aromatic heterocycles. The zero-order valence-corrected chi connectivity index (χ0v) is 11.3. The summed E-state index contributed by atoms with van der Waals surface area (Å²) in [7, 11) is 1.68. The maximum absolute atomic E-state index is 10.5. The minimum absolute atomic E-state index is 0.551. The molecule has 1 unspecified atom stereocenters. The van der Waals surface area contributed by atoms with Crippen LogP contribution in [0.1, 0.15) is 30.0 Å². The third-order valence-corrected chi connectivity index (χ3v) is 3.67. The normalized spacial score (nSPS) is 17.5. The molecule has 18 heavy (non-hydrogen) atoms. The number of fused-ring (bicyclic) bond motifs is 1. The molecular formula is C15H23NO2. The highest BCUT2D eigenvalue weighted by molar-refractivity contribution is 5.37. The second-order valence-corrected chi connectivity index (χ2v) is 5.28. The number of rotatable bonds is 6. The first-order valence-electron chi connectivity index (χ1n) is 6.68. The van der Waals surface area contributed by atoms with Crippen LogP contribution in [0.15, 0.2) is 18.2 Å². The topological polar surface area (TPSA) is 41.5 Å². The average molecular weight is 249 g/mol. The van der Waals surface area contributed by atoms with E-state index in [-0.39, 0.29) is 0 Å². The largest absolute Gasteiger partial charge is 0.384 e. The lowest BCUT2D eigenvalue weighted by atomic mass is 9.93. The van der Waals surface area contributed by atoms with Gasteiger partial charge in [-0.15, -0.1) is 0 Å². The van der Waals surface area contributed by atoms with Crippen molar-refractivity contribution in [3.05, 3.63) is 34.9 Å². The van der Waals surface area contributed by atoms with Gasteiger partial charge in [-0.3, -0.25) is 0 Å². The fourth-order valence-corrected chi connectivity index (χ4v) is 2.51. The lowest BCUT2D eigenvalue weighted by Crippen LogP contribution is -2.36. The fourth-order valence-electron chi connectivity index (χ4n) is 2.51. The fraction of sp³-hybridized carbons (Fsp3) is 0.600. The molecule has 0 spiro atoms. The van der Waals surface area contributed by atoms with E-state index in [2.05, 4.69) is 23.5 Å². The molecule has 0 radical (unpaired) electrons. The lowest BCUT2D eigenvalue weighted by Gasteiger charge is -2.25. The first kappa shape index (κ1) is 13.5. The highest BCUT2D eigenvalue weighted by Crippen LogP contribution is 2.27. The Morgan fingerprint density at radius 2 is 2.11 bits per heavy atom. The molecule has 0 aliphatic heterocycles. The van der Waals surface area contributed by atoms with Crippen LogP contribution in [0.2, 0.25) is 0 Å².